The summed E-state index contributed by atoms with van der Waals surface area (Å²) in [5.41, 5.74) is 4.57. The molecule has 0 saturated heterocycles. The van der Waals surface area contributed by atoms with Crippen molar-refractivity contribution >= 4 is 51.8 Å². The van der Waals surface area contributed by atoms with Crippen LogP contribution in [-0.4, -0.2) is 49.1 Å². The Balaban J connectivity index is 1.76. The summed E-state index contributed by atoms with van der Waals surface area (Å²) in [7, 11) is 5.33. The highest BCUT2D eigenvalue weighted by molar-refractivity contribution is 7.13. The summed E-state index contributed by atoms with van der Waals surface area (Å²) in [6.07, 6.45) is 0.444. The molecule has 1 amide bonds. The van der Waals surface area contributed by atoms with Crippen molar-refractivity contribution in [1.82, 2.24) is 4.90 Å². The molecule has 36 heavy (non-hydrogen) atoms. The molecule has 1 aromatic heterocycles. The molecule has 1 aliphatic heterocycles. The highest BCUT2D eigenvalue weighted by atomic mass is 32.1. The van der Waals surface area contributed by atoms with E-state index in [9.17, 15) is 14.4 Å². The molecule has 9 heteroatoms. The summed E-state index contributed by atoms with van der Waals surface area (Å²) in [4.78, 5) is 40.0. The average Bonchev–Trinajstić information content (AvgIpc) is 3.44. The van der Waals surface area contributed by atoms with Gasteiger partial charge in [-0.2, -0.15) is 0 Å². The number of aliphatic carboxylic acids is 1. The predicted molar refractivity (Wildman–Crippen MR) is 141 cm³/mol. The zero-order valence-electron chi connectivity index (χ0n) is 20.3. The molecule has 0 bridgehead atoms. The summed E-state index contributed by atoms with van der Waals surface area (Å²) >= 11 is 1.44. The van der Waals surface area contributed by atoms with Gasteiger partial charge in [-0.15, -0.1) is 11.3 Å². The van der Waals surface area contributed by atoms with E-state index in [4.69, 9.17) is 9.84 Å². The Kier molecular flexibility index (Phi) is 7.52. The molecule has 8 nitrogen and oxygen atoms in total. The number of hydrogen-bond acceptors (Lipinski definition) is 7. The number of carboxylic acid groups (broad SMARTS) is 1. The molecule has 2 heterocycles. The molecule has 4 rings (SSSR count). The minimum absolute atomic E-state index is 0.0340. The number of nitrogens with zero attached hydrogens (tertiary/aromatic N) is 1. The molecule has 3 aromatic rings. The fraction of sp³-hybridized carbons (Fsp3) is 0.222. The van der Waals surface area contributed by atoms with Gasteiger partial charge in [-0.25, -0.2) is 4.79 Å². The van der Waals surface area contributed by atoms with Crippen LogP contribution in [-0.2, 0) is 27.3 Å². The number of methoxy groups -OCH3 is 1. The molecule has 0 radical (unpaired) electrons. The quantitative estimate of drug-likeness (QED) is 0.289. The number of nitrogens with one attached hydrogen (secondary N) is 2. The number of thiophene rings is 1. The van der Waals surface area contributed by atoms with Crippen molar-refractivity contribution in [3.63, 3.8) is 0 Å². The second-order valence-corrected chi connectivity index (χ2v) is 9.84. The van der Waals surface area contributed by atoms with Crippen LogP contribution in [0.5, 0.6) is 0 Å². The summed E-state index contributed by atoms with van der Waals surface area (Å²) in [5, 5.41) is 15.3. The third-order valence-electron chi connectivity index (χ3n) is 5.65. The second kappa shape index (κ2) is 10.8. The van der Waals surface area contributed by atoms with E-state index in [2.05, 4.69) is 15.5 Å². The van der Waals surface area contributed by atoms with E-state index in [1.165, 1.54) is 18.4 Å². The van der Waals surface area contributed by atoms with Crippen LogP contribution >= 0.6 is 11.3 Å². The van der Waals surface area contributed by atoms with Gasteiger partial charge in [-0.3, -0.25) is 9.59 Å². The molecule has 0 aliphatic carbocycles. The van der Waals surface area contributed by atoms with E-state index < -0.39 is 11.9 Å². The Morgan fingerprint density at radius 2 is 1.83 bits per heavy atom. The van der Waals surface area contributed by atoms with Crippen molar-refractivity contribution in [1.29, 1.82) is 0 Å². The fourth-order valence-corrected chi connectivity index (χ4v) is 5.01. The van der Waals surface area contributed by atoms with Crippen molar-refractivity contribution in [2.75, 3.05) is 31.8 Å². The van der Waals surface area contributed by atoms with Gasteiger partial charge in [-0.1, -0.05) is 18.2 Å². The number of esters is 1. The van der Waals surface area contributed by atoms with Gasteiger partial charge in [0.2, 0.25) is 0 Å². The van der Waals surface area contributed by atoms with Crippen LogP contribution < -0.4 is 10.6 Å². The van der Waals surface area contributed by atoms with E-state index in [0.717, 1.165) is 27.5 Å². The molecule has 3 N–H and O–H groups in total. The maximum Gasteiger partial charge on any atom is 0.337 e. The highest BCUT2D eigenvalue weighted by Crippen LogP contribution is 2.40. The molecule has 0 saturated carbocycles. The van der Waals surface area contributed by atoms with Crippen LogP contribution in [0.15, 0.2) is 54.6 Å². The number of carbonyl (C=O) groups excluding carboxylic acids is 2. The molecule has 2 aromatic carbocycles. The molecular weight excluding hydrogens is 478 g/mol. The first-order valence-corrected chi connectivity index (χ1v) is 12.2. The summed E-state index contributed by atoms with van der Waals surface area (Å²) < 4.78 is 4.80. The van der Waals surface area contributed by atoms with Crippen LogP contribution in [0.25, 0.3) is 11.3 Å². The lowest BCUT2D eigenvalue weighted by Crippen LogP contribution is -2.11. The fourth-order valence-electron chi connectivity index (χ4n) is 3.99. The van der Waals surface area contributed by atoms with Gasteiger partial charge < -0.3 is 25.4 Å². The van der Waals surface area contributed by atoms with E-state index >= 15 is 0 Å². The Bertz CT molecular complexity index is 1340. The summed E-state index contributed by atoms with van der Waals surface area (Å²) in [5.74, 6) is -1.63. The van der Waals surface area contributed by atoms with Crippen LogP contribution in [0.1, 0.15) is 37.7 Å². The number of hydrogen-bond donors (Lipinski definition) is 3. The van der Waals surface area contributed by atoms with Crippen molar-refractivity contribution < 1.29 is 24.2 Å². The molecular formula is C27H27N3O5S. The molecule has 0 unspecified atom stereocenters. The van der Waals surface area contributed by atoms with Crippen LogP contribution in [0.2, 0.25) is 0 Å². The highest BCUT2D eigenvalue weighted by Gasteiger charge is 2.30. The SMILES string of the molecule is COC(=O)c1ccc2c(c1)NC(=O)/C2=C(\Nc1ccc(CN(C)C)cc1)c1ccc(CCC(=O)O)s1. The standard InChI is InChI=1S/C27H27N3O5S/c1-30(2)15-16-4-7-18(8-5-16)28-25(22-12-9-19(36-22)10-13-23(31)32)24-20-11-6-17(27(34)35-3)14-21(20)29-26(24)33/h4-9,11-12,14,28H,10,13,15H2,1-3H3,(H,29,33)(H,31,32)/b25-24-. The lowest BCUT2D eigenvalue weighted by Gasteiger charge is -2.14. The number of amides is 1. The first kappa shape index (κ1) is 25.2. The van der Waals surface area contributed by atoms with Gasteiger partial charge in [0.1, 0.15) is 0 Å². The first-order valence-electron chi connectivity index (χ1n) is 11.3. The van der Waals surface area contributed by atoms with E-state index in [1.54, 1.807) is 18.2 Å². The zero-order valence-corrected chi connectivity index (χ0v) is 21.1. The van der Waals surface area contributed by atoms with E-state index in [0.29, 0.717) is 34.5 Å². The molecule has 0 fully saturated rings. The maximum atomic E-state index is 13.2. The number of anilines is 2. The zero-order chi connectivity index (χ0) is 25.8. The maximum absolute atomic E-state index is 13.2. The number of rotatable bonds is 9. The monoisotopic (exact) mass is 505 g/mol. The third kappa shape index (κ3) is 5.64. The van der Waals surface area contributed by atoms with Crippen molar-refractivity contribution in [2.24, 2.45) is 0 Å². The van der Waals surface area contributed by atoms with Crippen LogP contribution in [0, 0.1) is 0 Å². The molecule has 0 spiro atoms. The lowest BCUT2D eigenvalue weighted by atomic mass is 10.0. The summed E-state index contributed by atoms with van der Waals surface area (Å²) in [6, 6.07) is 16.7. The molecule has 0 atom stereocenters. The minimum atomic E-state index is -0.857. The largest absolute Gasteiger partial charge is 0.481 e. The van der Waals surface area contributed by atoms with Crippen molar-refractivity contribution in [2.45, 2.75) is 19.4 Å². The average molecular weight is 506 g/mol. The third-order valence-corrected chi connectivity index (χ3v) is 6.81. The lowest BCUT2D eigenvalue weighted by molar-refractivity contribution is -0.136. The number of carboxylic acids is 1. The van der Waals surface area contributed by atoms with Crippen molar-refractivity contribution in [3.05, 3.63) is 81.0 Å². The van der Waals surface area contributed by atoms with Crippen LogP contribution in [0.3, 0.4) is 0 Å². The smallest absolute Gasteiger partial charge is 0.337 e. The summed E-state index contributed by atoms with van der Waals surface area (Å²) in [6.45, 7) is 0.810. The van der Waals surface area contributed by atoms with Gasteiger partial charge in [-0.05, 0) is 62.5 Å². The topological polar surface area (TPSA) is 108 Å². The first-order chi connectivity index (χ1) is 17.2. The normalized spacial score (nSPS) is 13.8. The van der Waals surface area contributed by atoms with Gasteiger partial charge in [0.05, 0.1) is 40.9 Å². The number of carbonyl (C=O) groups is 3. The number of benzene rings is 2. The Hall–Kier alpha value is -3.95. The van der Waals surface area contributed by atoms with Crippen LogP contribution in [0.4, 0.5) is 11.4 Å². The molecule has 186 valence electrons. The van der Waals surface area contributed by atoms with Gasteiger partial charge in [0.15, 0.2) is 0 Å². The number of ether oxygens (including phenoxy) is 1. The predicted octanol–water partition coefficient (Wildman–Crippen LogP) is 4.55. The minimum Gasteiger partial charge on any atom is -0.481 e. The Morgan fingerprint density at radius 1 is 1.08 bits per heavy atom. The van der Waals surface area contributed by atoms with E-state index in [-0.39, 0.29) is 12.3 Å². The van der Waals surface area contributed by atoms with Crippen molar-refractivity contribution in [3.8, 4) is 0 Å². The Morgan fingerprint density at radius 3 is 2.50 bits per heavy atom. The molecule has 1 aliphatic rings. The second-order valence-electron chi connectivity index (χ2n) is 8.68. The van der Waals surface area contributed by atoms with Gasteiger partial charge in [0, 0.05) is 22.7 Å². The van der Waals surface area contributed by atoms with Gasteiger partial charge >= 0.3 is 11.9 Å². The Labute approximate surface area is 213 Å². The van der Waals surface area contributed by atoms with Gasteiger partial charge in [0.25, 0.3) is 5.91 Å². The van der Waals surface area contributed by atoms with E-state index in [1.807, 2.05) is 50.5 Å². The number of fused-ring (bicyclic) bond motifs is 1. The number of aryl methyl sites for hydroxylation is 1.